The molecule has 0 unspecified atom stereocenters. The molecule has 3 heterocycles. The smallest absolute Gasteiger partial charge is 0.164 e. The number of rotatable bonds is 3. The van der Waals surface area contributed by atoms with Gasteiger partial charge >= 0.3 is 0 Å². The van der Waals surface area contributed by atoms with Crippen molar-refractivity contribution in [3.05, 3.63) is 146 Å². The summed E-state index contributed by atoms with van der Waals surface area (Å²) in [6.45, 7) is 0. The summed E-state index contributed by atoms with van der Waals surface area (Å²) < 4.78 is 1.19. The molecule has 0 fully saturated rings. The third-order valence-corrected chi connectivity index (χ3v) is 10.3. The van der Waals surface area contributed by atoms with Gasteiger partial charge in [-0.25, -0.2) is 19.9 Å². The standard InChI is InChI=1S/C42H24N4S/c1-2-9-28-23-30(17-14-25(28)7-1)39-44-40(31-19-20-33-29(24-31)16-15-26-8-3-4-11-32(26)33)46-41(45-39)36-12-5-10-27-18-21-34-35-13-6-22-43-42(35)47-38(34)37(27)36/h1-24H. The van der Waals surface area contributed by atoms with Crippen LogP contribution in [0.2, 0.25) is 0 Å². The average molecular weight is 617 g/mol. The monoisotopic (exact) mass is 616 g/mol. The number of benzene rings is 7. The highest BCUT2D eigenvalue weighted by molar-refractivity contribution is 7.26. The van der Waals surface area contributed by atoms with Crippen LogP contribution < -0.4 is 0 Å². The van der Waals surface area contributed by atoms with Gasteiger partial charge in [0.15, 0.2) is 17.5 Å². The van der Waals surface area contributed by atoms with Gasteiger partial charge in [-0.05, 0) is 62.0 Å². The van der Waals surface area contributed by atoms with E-state index in [-0.39, 0.29) is 0 Å². The molecule has 0 radical (unpaired) electrons. The molecule has 10 aromatic rings. The molecule has 0 saturated carbocycles. The molecular weight excluding hydrogens is 593 g/mol. The second-order valence-corrected chi connectivity index (χ2v) is 12.9. The van der Waals surface area contributed by atoms with Crippen LogP contribution in [-0.2, 0) is 0 Å². The molecule has 3 aromatic heterocycles. The van der Waals surface area contributed by atoms with Gasteiger partial charge in [-0.3, -0.25) is 0 Å². The second-order valence-electron chi connectivity index (χ2n) is 11.9. The first-order valence-electron chi connectivity index (χ1n) is 15.6. The third-order valence-electron chi connectivity index (χ3n) is 9.15. The van der Waals surface area contributed by atoms with Crippen LogP contribution in [0.1, 0.15) is 0 Å². The molecule has 0 aliphatic carbocycles. The Morgan fingerprint density at radius 1 is 0.404 bits per heavy atom. The molecule has 5 heteroatoms. The summed E-state index contributed by atoms with van der Waals surface area (Å²) in [4.78, 5) is 21.2. The highest BCUT2D eigenvalue weighted by Crippen LogP contribution is 2.41. The lowest BCUT2D eigenvalue weighted by molar-refractivity contribution is 1.08. The topological polar surface area (TPSA) is 51.6 Å². The van der Waals surface area contributed by atoms with Gasteiger partial charge in [0.1, 0.15) is 4.83 Å². The van der Waals surface area contributed by atoms with Crippen LogP contribution >= 0.6 is 11.3 Å². The van der Waals surface area contributed by atoms with E-state index >= 15 is 0 Å². The van der Waals surface area contributed by atoms with Crippen molar-refractivity contribution in [2.24, 2.45) is 0 Å². The number of hydrogen-bond acceptors (Lipinski definition) is 5. The molecule has 0 saturated heterocycles. The van der Waals surface area contributed by atoms with Gasteiger partial charge in [0.25, 0.3) is 0 Å². The minimum absolute atomic E-state index is 0.649. The number of hydrogen-bond donors (Lipinski definition) is 0. The Morgan fingerprint density at radius 3 is 1.91 bits per heavy atom. The molecule has 0 bridgehead atoms. The van der Waals surface area contributed by atoms with Crippen molar-refractivity contribution in [3.63, 3.8) is 0 Å². The zero-order valence-electron chi connectivity index (χ0n) is 25.1. The van der Waals surface area contributed by atoms with Crippen LogP contribution in [0.25, 0.3) is 97.6 Å². The average Bonchev–Trinajstić information content (AvgIpc) is 3.53. The molecule has 0 aliphatic rings. The highest BCUT2D eigenvalue weighted by atomic mass is 32.1. The van der Waals surface area contributed by atoms with E-state index in [1.54, 1.807) is 11.3 Å². The maximum Gasteiger partial charge on any atom is 0.164 e. The van der Waals surface area contributed by atoms with Gasteiger partial charge in [-0.15, -0.1) is 11.3 Å². The van der Waals surface area contributed by atoms with Gasteiger partial charge < -0.3 is 0 Å². The van der Waals surface area contributed by atoms with Gasteiger partial charge in [0.05, 0.1) is 0 Å². The van der Waals surface area contributed by atoms with Gasteiger partial charge in [-0.1, -0.05) is 115 Å². The Bertz CT molecular complexity index is 2870. The van der Waals surface area contributed by atoms with Crippen molar-refractivity contribution >= 4 is 74.7 Å². The lowest BCUT2D eigenvalue weighted by Crippen LogP contribution is -2.00. The van der Waals surface area contributed by atoms with E-state index in [0.717, 1.165) is 43.1 Å². The van der Waals surface area contributed by atoms with Crippen LogP contribution in [0.4, 0.5) is 0 Å². The third kappa shape index (κ3) is 4.21. The lowest BCUT2D eigenvalue weighted by Gasteiger charge is -2.12. The summed E-state index contributed by atoms with van der Waals surface area (Å²) >= 11 is 1.72. The zero-order chi connectivity index (χ0) is 30.9. The quantitative estimate of drug-likeness (QED) is 0.185. The Morgan fingerprint density at radius 2 is 1.02 bits per heavy atom. The van der Waals surface area contributed by atoms with Crippen molar-refractivity contribution in [1.29, 1.82) is 0 Å². The summed E-state index contributed by atoms with van der Waals surface area (Å²) in [6.07, 6.45) is 1.86. The molecule has 0 spiro atoms. The molecule has 47 heavy (non-hydrogen) atoms. The summed E-state index contributed by atoms with van der Waals surface area (Å²) in [6, 6.07) is 49.2. The van der Waals surface area contributed by atoms with Crippen LogP contribution in [0.15, 0.2) is 146 Å². The fourth-order valence-corrected chi connectivity index (χ4v) is 8.07. The SMILES string of the molecule is c1ccc2cc(-c3nc(-c4ccc5c(ccc6ccccc65)c4)nc(-c4cccc5ccc6c7cccnc7sc6c45)n3)ccc2c1. The predicted molar refractivity (Wildman–Crippen MR) is 197 cm³/mol. The fraction of sp³-hybridized carbons (Fsp3) is 0. The van der Waals surface area contributed by atoms with Crippen molar-refractivity contribution < 1.29 is 0 Å². The summed E-state index contributed by atoms with van der Waals surface area (Å²) in [5.74, 6) is 1.95. The van der Waals surface area contributed by atoms with Crippen molar-refractivity contribution in [1.82, 2.24) is 19.9 Å². The van der Waals surface area contributed by atoms with Crippen LogP contribution in [0, 0.1) is 0 Å². The Balaban J connectivity index is 1.24. The van der Waals surface area contributed by atoms with E-state index in [9.17, 15) is 0 Å². The minimum Gasteiger partial charge on any atom is -0.245 e. The number of aromatic nitrogens is 4. The zero-order valence-corrected chi connectivity index (χ0v) is 25.9. The first-order chi connectivity index (χ1) is 23.3. The maximum atomic E-state index is 5.21. The van der Waals surface area contributed by atoms with Gasteiger partial charge in [0.2, 0.25) is 0 Å². The summed E-state index contributed by atoms with van der Waals surface area (Å²) in [5.41, 5.74) is 2.89. The Kier molecular flexibility index (Phi) is 5.71. The van der Waals surface area contributed by atoms with E-state index in [0.29, 0.717) is 17.5 Å². The molecule has 218 valence electrons. The molecule has 10 rings (SSSR count). The predicted octanol–water partition coefficient (Wildman–Crippen LogP) is 11.2. The molecule has 0 atom stereocenters. The maximum absolute atomic E-state index is 5.21. The second kappa shape index (κ2) is 10.2. The van der Waals surface area contributed by atoms with E-state index in [1.807, 2.05) is 12.3 Å². The van der Waals surface area contributed by atoms with Gasteiger partial charge in [0, 0.05) is 43.7 Å². The Labute approximate surface area is 273 Å². The number of thiophene rings is 1. The van der Waals surface area contributed by atoms with Crippen LogP contribution in [0.5, 0.6) is 0 Å². The van der Waals surface area contributed by atoms with Crippen LogP contribution in [-0.4, -0.2) is 19.9 Å². The van der Waals surface area contributed by atoms with Crippen LogP contribution in [0.3, 0.4) is 0 Å². The fourth-order valence-electron chi connectivity index (χ4n) is 6.86. The van der Waals surface area contributed by atoms with Crippen molar-refractivity contribution in [3.8, 4) is 34.2 Å². The molecular formula is C42H24N4S. The molecule has 0 amide bonds. The number of nitrogens with zero attached hydrogens (tertiary/aromatic N) is 4. The van der Waals surface area contributed by atoms with E-state index in [4.69, 9.17) is 15.0 Å². The normalized spacial score (nSPS) is 11.8. The van der Waals surface area contributed by atoms with Gasteiger partial charge in [-0.2, -0.15) is 0 Å². The number of pyridine rings is 1. The van der Waals surface area contributed by atoms with Crippen molar-refractivity contribution in [2.45, 2.75) is 0 Å². The largest absolute Gasteiger partial charge is 0.245 e. The summed E-state index contributed by atoms with van der Waals surface area (Å²) in [5, 5.41) is 11.8. The minimum atomic E-state index is 0.649. The van der Waals surface area contributed by atoms with E-state index in [2.05, 4.69) is 138 Å². The molecule has 7 aromatic carbocycles. The van der Waals surface area contributed by atoms with E-state index < -0.39 is 0 Å². The Hall–Kier alpha value is -6.04. The first-order valence-corrected chi connectivity index (χ1v) is 16.4. The van der Waals surface area contributed by atoms with E-state index in [1.165, 1.54) is 37.0 Å². The molecule has 4 nitrogen and oxygen atoms in total. The summed E-state index contributed by atoms with van der Waals surface area (Å²) in [7, 11) is 0. The highest BCUT2D eigenvalue weighted by Gasteiger charge is 2.18. The molecule has 0 aliphatic heterocycles. The first kappa shape index (κ1) is 26.2. The van der Waals surface area contributed by atoms with Crippen molar-refractivity contribution in [2.75, 3.05) is 0 Å². The number of fused-ring (bicyclic) bond motifs is 9. The lowest BCUT2D eigenvalue weighted by atomic mass is 9.99. The molecule has 0 N–H and O–H groups in total.